The number of nitrogens with one attached hydrogen (secondary N) is 1. The number of nitro benzene ring substituents is 1. The van der Waals surface area contributed by atoms with Gasteiger partial charge in [0.2, 0.25) is 0 Å². The van der Waals surface area contributed by atoms with Crippen LogP contribution in [0.4, 0.5) is 11.4 Å². The summed E-state index contributed by atoms with van der Waals surface area (Å²) in [6.07, 6.45) is 0. The number of carbonyl (C=O) groups excluding carboxylic acids is 1. The van der Waals surface area contributed by atoms with E-state index in [1.807, 2.05) is 6.92 Å². The Kier molecular flexibility index (Phi) is 4.57. The van der Waals surface area contributed by atoms with Gasteiger partial charge in [-0.3, -0.25) is 14.9 Å². The van der Waals surface area contributed by atoms with Gasteiger partial charge in [0.15, 0.2) is 0 Å². The van der Waals surface area contributed by atoms with E-state index >= 15 is 0 Å². The van der Waals surface area contributed by atoms with Gasteiger partial charge in [0.1, 0.15) is 11.5 Å². The Balaban J connectivity index is 2.13. The molecule has 22 heavy (non-hydrogen) atoms. The second-order valence-corrected chi connectivity index (χ2v) is 4.37. The molecule has 2 aromatic rings. The van der Waals surface area contributed by atoms with E-state index in [-0.39, 0.29) is 17.1 Å². The first-order valence-electron chi connectivity index (χ1n) is 6.53. The summed E-state index contributed by atoms with van der Waals surface area (Å²) >= 11 is 0. The minimum atomic E-state index is -0.627. The summed E-state index contributed by atoms with van der Waals surface area (Å²) in [7, 11) is 0. The van der Waals surface area contributed by atoms with Crippen molar-refractivity contribution in [2.24, 2.45) is 0 Å². The summed E-state index contributed by atoms with van der Waals surface area (Å²) < 4.78 is 5.28. The van der Waals surface area contributed by atoms with Gasteiger partial charge in [0.05, 0.1) is 23.3 Å². The fraction of sp³-hybridized carbons (Fsp3) is 0.133. The smallest absolute Gasteiger partial charge is 0.273 e. The molecule has 0 heterocycles. The second kappa shape index (κ2) is 6.57. The number of nitro groups is 1. The quantitative estimate of drug-likeness (QED) is 0.502. The number of aromatic hydroxyl groups is 1. The minimum absolute atomic E-state index is 0.101. The monoisotopic (exact) mass is 302 g/mol. The second-order valence-electron chi connectivity index (χ2n) is 4.37. The molecular weight excluding hydrogens is 288 g/mol. The van der Waals surface area contributed by atoms with Crippen LogP contribution in [0.25, 0.3) is 0 Å². The Hall–Kier alpha value is -3.09. The summed E-state index contributed by atoms with van der Waals surface area (Å²) in [4.78, 5) is 22.0. The lowest BCUT2D eigenvalue weighted by atomic mass is 10.2. The highest BCUT2D eigenvalue weighted by Crippen LogP contribution is 2.28. The van der Waals surface area contributed by atoms with Crippen molar-refractivity contribution in [3.05, 3.63) is 58.1 Å². The lowest BCUT2D eigenvalue weighted by molar-refractivity contribution is -0.384. The number of hydrogen-bond donors (Lipinski definition) is 2. The molecule has 7 heteroatoms. The molecule has 0 saturated heterocycles. The van der Waals surface area contributed by atoms with Crippen molar-refractivity contribution in [1.29, 1.82) is 0 Å². The summed E-state index contributed by atoms with van der Waals surface area (Å²) in [6, 6.07) is 9.95. The standard InChI is InChI=1S/C15H14N2O5/c1-2-22-12-6-3-10(4-7-12)15(19)16-13-8-5-11(17(20)21)9-14(13)18/h3-9,18H,2H2,1H3,(H,16,19). The van der Waals surface area contributed by atoms with Gasteiger partial charge in [-0.2, -0.15) is 0 Å². The maximum Gasteiger partial charge on any atom is 0.273 e. The van der Waals surface area contributed by atoms with Gasteiger partial charge in [0, 0.05) is 11.6 Å². The van der Waals surface area contributed by atoms with Crippen molar-refractivity contribution in [1.82, 2.24) is 0 Å². The number of anilines is 1. The molecule has 0 spiro atoms. The first-order valence-corrected chi connectivity index (χ1v) is 6.53. The molecule has 0 unspecified atom stereocenters. The van der Waals surface area contributed by atoms with Crippen LogP contribution in [0.1, 0.15) is 17.3 Å². The number of nitrogens with zero attached hydrogens (tertiary/aromatic N) is 1. The molecule has 0 aliphatic heterocycles. The van der Waals surface area contributed by atoms with Crippen molar-refractivity contribution < 1.29 is 19.6 Å². The highest BCUT2D eigenvalue weighted by Gasteiger charge is 2.13. The fourth-order valence-electron chi connectivity index (χ4n) is 1.80. The average Bonchev–Trinajstić information content (AvgIpc) is 2.50. The van der Waals surface area contributed by atoms with Crippen LogP contribution in [0, 0.1) is 10.1 Å². The van der Waals surface area contributed by atoms with E-state index in [1.165, 1.54) is 12.1 Å². The zero-order valence-electron chi connectivity index (χ0n) is 11.8. The van der Waals surface area contributed by atoms with Crippen molar-refractivity contribution in [3.63, 3.8) is 0 Å². The van der Waals surface area contributed by atoms with Crippen molar-refractivity contribution in [2.75, 3.05) is 11.9 Å². The molecule has 1 amide bonds. The molecular formula is C15H14N2O5. The molecule has 0 aliphatic rings. The Morgan fingerprint density at radius 1 is 1.27 bits per heavy atom. The fourth-order valence-corrected chi connectivity index (χ4v) is 1.80. The first kappa shape index (κ1) is 15.3. The van der Waals surface area contributed by atoms with Crippen molar-refractivity contribution in [2.45, 2.75) is 6.92 Å². The molecule has 2 aromatic carbocycles. The third-order valence-electron chi connectivity index (χ3n) is 2.87. The van der Waals surface area contributed by atoms with Gasteiger partial charge in [-0.25, -0.2) is 0 Å². The molecule has 2 N–H and O–H groups in total. The number of amides is 1. The molecule has 0 atom stereocenters. The summed E-state index contributed by atoms with van der Waals surface area (Å²) in [5.74, 6) is -0.155. The minimum Gasteiger partial charge on any atom is -0.506 e. The van der Waals surface area contributed by atoms with Crippen LogP contribution in [0.3, 0.4) is 0 Å². The van der Waals surface area contributed by atoms with Crippen LogP contribution in [0.5, 0.6) is 11.5 Å². The molecule has 2 rings (SSSR count). The zero-order chi connectivity index (χ0) is 16.1. The molecule has 7 nitrogen and oxygen atoms in total. The molecule has 0 aromatic heterocycles. The van der Waals surface area contributed by atoms with Gasteiger partial charge >= 0.3 is 0 Å². The molecule has 0 radical (unpaired) electrons. The molecule has 0 saturated carbocycles. The SMILES string of the molecule is CCOc1ccc(C(=O)Nc2ccc([N+](=O)[O-])cc2O)cc1. The number of benzene rings is 2. The molecule has 0 bridgehead atoms. The number of phenolic OH excluding ortho intramolecular Hbond substituents is 1. The van der Waals surface area contributed by atoms with E-state index in [0.717, 1.165) is 6.07 Å². The van der Waals surface area contributed by atoms with Crippen LogP contribution in [-0.4, -0.2) is 22.5 Å². The van der Waals surface area contributed by atoms with E-state index in [2.05, 4.69) is 5.32 Å². The summed E-state index contributed by atoms with van der Waals surface area (Å²) in [5, 5.41) is 22.8. The Morgan fingerprint density at radius 3 is 2.50 bits per heavy atom. The highest BCUT2D eigenvalue weighted by atomic mass is 16.6. The zero-order valence-corrected chi connectivity index (χ0v) is 11.8. The topological polar surface area (TPSA) is 102 Å². The highest BCUT2D eigenvalue weighted by molar-refractivity contribution is 6.05. The van der Waals surface area contributed by atoms with Crippen LogP contribution in [-0.2, 0) is 0 Å². The summed E-state index contributed by atoms with van der Waals surface area (Å²) in [6.45, 7) is 2.39. The molecule has 0 aliphatic carbocycles. The Bertz CT molecular complexity index is 698. The number of phenols is 1. The van der Waals surface area contributed by atoms with E-state index in [0.29, 0.717) is 17.9 Å². The number of ether oxygens (including phenoxy) is 1. The van der Waals surface area contributed by atoms with E-state index < -0.39 is 10.8 Å². The number of rotatable bonds is 5. The third kappa shape index (κ3) is 3.51. The number of carbonyl (C=O) groups is 1. The van der Waals surface area contributed by atoms with Crippen LogP contribution in [0.2, 0.25) is 0 Å². The molecule has 0 fully saturated rings. The van der Waals surface area contributed by atoms with Crippen molar-refractivity contribution in [3.8, 4) is 11.5 Å². The van der Waals surface area contributed by atoms with E-state index in [4.69, 9.17) is 4.74 Å². The van der Waals surface area contributed by atoms with Crippen LogP contribution >= 0.6 is 0 Å². The Morgan fingerprint density at radius 2 is 1.95 bits per heavy atom. The van der Waals surface area contributed by atoms with Crippen LogP contribution < -0.4 is 10.1 Å². The normalized spacial score (nSPS) is 10.0. The largest absolute Gasteiger partial charge is 0.506 e. The van der Waals surface area contributed by atoms with E-state index in [9.17, 15) is 20.0 Å². The first-order chi connectivity index (χ1) is 10.5. The lowest BCUT2D eigenvalue weighted by Gasteiger charge is -2.08. The summed E-state index contributed by atoms with van der Waals surface area (Å²) in [5.41, 5.74) is 0.224. The maximum atomic E-state index is 12.1. The van der Waals surface area contributed by atoms with E-state index in [1.54, 1.807) is 24.3 Å². The molecule has 114 valence electrons. The van der Waals surface area contributed by atoms with Gasteiger partial charge in [0.25, 0.3) is 11.6 Å². The van der Waals surface area contributed by atoms with Gasteiger partial charge < -0.3 is 15.2 Å². The maximum absolute atomic E-state index is 12.1. The average molecular weight is 302 g/mol. The lowest BCUT2D eigenvalue weighted by Crippen LogP contribution is -2.12. The van der Waals surface area contributed by atoms with Gasteiger partial charge in [-0.1, -0.05) is 0 Å². The third-order valence-corrected chi connectivity index (χ3v) is 2.87. The van der Waals surface area contributed by atoms with Crippen molar-refractivity contribution >= 4 is 17.3 Å². The van der Waals surface area contributed by atoms with Crippen LogP contribution in [0.15, 0.2) is 42.5 Å². The van der Waals surface area contributed by atoms with Gasteiger partial charge in [-0.05, 0) is 37.3 Å². The predicted molar refractivity (Wildman–Crippen MR) is 80.3 cm³/mol. The predicted octanol–water partition coefficient (Wildman–Crippen LogP) is 2.95. The number of hydrogen-bond acceptors (Lipinski definition) is 5. The van der Waals surface area contributed by atoms with Gasteiger partial charge in [-0.15, -0.1) is 0 Å². The number of non-ortho nitro benzene ring substituents is 1. The Labute approximate surface area is 126 Å².